The SMILES string of the molecule is C=CCCC(=O)N[C@@H](COC)[C@@H](OC(=O)[C@@H]1[C@@H]2CC[C@]3(O2)[C@H](C(=O)N(CC=C)c2c(C)cccc2C)N(CCCCCO)C(=O)[C@@H]13)c1ccccc1. The zero-order valence-electron chi connectivity index (χ0n) is 30.6. The summed E-state index contributed by atoms with van der Waals surface area (Å²) in [6, 6.07) is 13.3. The number of rotatable bonds is 19. The maximum absolute atomic E-state index is 15.0. The van der Waals surface area contributed by atoms with Gasteiger partial charge in [-0.05, 0) is 69.1 Å². The average molecular weight is 716 g/mol. The molecule has 11 heteroatoms. The Morgan fingerprint density at radius 2 is 1.81 bits per heavy atom. The van der Waals surface area contributed by atoms with E-state index in [4.69, 9.17) is 14.2 Å². The van der Waals surface area contributed by atoms with E-state index in [1.165, 1.54) is 7.11 Å². The number of aliphatic hydroxyl groups excluding tert-OH is 1. The Balaban J connectivity index is 1.51. The van der Waals surface area contributed by atoms with Gasteiger partial charge in [0.1, 0.15) is 17.7 Å². The van der Waals surface area contributed by atoms with Crippen molar-refractivity contribution < 1.29 is 38.5 Å². The highest BCUT2D eigenvalue weighted by Crippen LogP contribution is 2.59. The van der Waals surface area contributed by atoms with E-state index in [2.05, 4.69) is 18.5 Å². The van der Waals surface area contributed by atoms with Crippen LogP contribution in [-0.4, -0.2) is 90.9 Å². The Kier molecular flexibility index (Phi) is 13.1. The highest BCUT2D eigenvalue weighted by Gasteiger charge is 2.75. The molecule has 3 saturated heterocycles. The summed E-state index contributed by atoms with van der Waals surface area (Å²) in [6.45, 7) is 12.1. The zero-order valence-corrected chi connectivity index (χ0v) is 30.6. The van der Waals surface area contributed by atoms with Gasteiger partial charge in [-0.15, -0.1) is 13.2 Å². The largest absolute Gasteiger partial charge is 0.455 e. The first-order valence-corrected chi connectivity index (χ1v) is 18.4. The van der Waals surface area contributed by atoms with Gasteiger partial charge < -0.3 is 34.4 Å². The number of benzene rings is 2. The molecule has 11 nitrogen and oxygen atoms in total. The number of nitrogens with zero attached hydrogens (tertiary/aromatic N) is 2. The van der Waals surface area contributed by atoms with Crippen molar-refractivity contribution in [2.75, 3.05) is 38.3 Å². The van der Waals surface area contributed by atoms with Gasteiger partial charge in [-0.3, -0.25) is 19.2 Å². The Bertz CT molecular complexity index is 1590. The predicted octanol–water partition coefficient (Wildman–Crippen LogP) is 4.74. The second-order valence-electron chi connectivity index (χ2n) is 14.1. The van der Waals surface area contributed by atoms with Gasteiger partial charge >= 0.3 is 5.97 Å². The maximum Gasteiger partial charge on any atom is 0.313 e. The minimum absolute atomic E-state index is 0.0304. The molecule has 0 aliphatic carbocycles. The molecule has 1 spiro atoms. The minimum atomic E-state index is -1.23. The first-order chi connectivity index (χ1) is 25.1. The number of carbonyl (C=O) groups is 4. The van der Waals surface area contributed by atoms with Crippen molar-refractivity contribution in [1.29, 1.82) is 0 Å². The number of hydrogen-bond acceptors (Lipinski definition) is 8. The monoisotopic (exact) mass is 715 g/mol. The van der Waals surface area contributed by atoms with Crippen LogP contribution in [0.5, 0.6) is 0 Å². The van der Waals surface area contributed by atoms with Gasteiger partial charge in [0.05, 0.1) is 30.6 Å². The lowest BCUT2D eigenvalue weighted by atomic mass is 9.70. The molecule has 2 bridgehead atoms. The second kappa shape index (κ2) is 17.5. The summed E-state index contributed by atoms with van der Waals surface area (Å²) < 4.78 is 18.5. The molecule has 2 N–H and O–H groups in total. The Morgan fingerprint density at radius 3 is 2.46 bits per heavy atom. The topological polar surface area (TPSA) is 135 Å². The van der Waals surface area contributed by atoms with E-state index in [9.17, 15) is 24.3 Å². The molecule has 0 unspecified atom stereocenters. The number of unbranched alkanes of at least 4 members (excludes halogenated alkanes) is 2. The number of fused-ring (bicyclic) bond motifs is 1. The fourth-order valence-corrected chi connectivity index (χ4v) is 8.44. The van der Waals surface area contributed by atoms with Crippen molar-refractivity contribution in [1.82, 2.24) is 10.2 Å². The fourth-order valence-electron chi connectivity index (χ4n) is 8.44. The molecular formula is C41H53N3O8. The number of nitrogens with one attached hydrogen (secondary N) is 1. The van der Waals surface area contributed by atoms with Crippen molar-refractivity contribution in [3.05, 3.63) is 90.5 Å². The molecule has 0 saturated carbocycles. The van der Waals surface area contributed by atoms with Crippen molar-refractivity contribution in [3.8, 4) is 0 Å². The van der Waals surface area contributed by atoms with Gasteiger partial charge in [0.2, 0.25) is 11.8 Å². The lowest BCUT2D eigenvalue weighted by Crippen LogP contribution is -2.56. The molecule has 52 heavy (non-hydrogen) atoms. The number of likely N-dealkylation sites (tertiary alicyclic amines) is 1. The lowest BCUT2D eigenvalue weighted by Gasteiger charge is -2.37. The molecule has 3 aliphatic heterocycles. The summed E-state index contributed by atoms with van der Waals surface area (Å²) in [4.78, 5) is 60.4. The van der Waals surface area contributed by atoms with Crippen molar-refractivity contribution >= 4 is 29.4 Å². The van der Waals surface area contributed by atoms with Gasteiger partial charge in [-0.1, -0.05) is 60.7 Å². The highest BCUT2D eigenvalue weighted by molar-refractivity contribution is 6.05. The van der Waals surface area contributed by atoms with Crippen molar-refractivity contribution in [3.63, 3.8) is 0 Å². The van der Waals surface area contributed by atoms with Crippen LogP contribution in [0.3, 0.4) is 0 Å². The third-order valence-corrected chi connectivity index (χ3v) is 10.7. The molecular weight excluding hydrogens is 662 g/mol. The Labute approximate surface area is 307 Å². The number of aliphatic hydroxyl groups is 1. The normalized spacial score (nSPS) is 24.2. The van der Waals surface area contributed by atoms with E-state index in [1.807, 2.05) is 62.4 Å². The van der Waals surface area contributed by atoms with E-state index < -0.39 is 47.7 Å². The van der Waals surface area contributed by atoms with Crippen LogP contribution in [0.25, 0.3) is 0 Å². The second-order valence-corrected chi connectivity index (χ2v) is 14.1. The van der Waals surface area contributed by atoms with Crippen LogP contribution in [0, 0.1) is 25.7 Å². The molecule has 5 rings (SSSR count). The van der Waals surface area contributed by atoms with Crippen LogP contribution in [-0.2, 0) is 33.4 Å². The van der Waals surface area contributed by atoms with Gasteiger partial charge in [0.15, 0.2) is 0 Å². The first-order valence-electron chi connectivity index (χ1n) is 18.4. The van der Waals surface area contributed by atoms with E-state index in [-0.39, 0.29) is 50.4 Å². The van der Waals surface area contributed by atoms with Crippen LogP contribution in [0.1, 0.15) is 67.7 Å². The number of amides is 3. The molecule has 0 aromatic heterocycles. The van der Waals surface area contributed by atoms with Gasteiger partial charge in [0.25, 0.3) is 5.91 Å². The molecule has 0 radical (unpaired) electrons. The number of para-hydroxylation sites is 1. The third kappa shape index (κ3) is 7.72. The third-order valence-electron chi connectivity index (χ3n) is 10.7. The van der Waals surface area contributed by atoms with E-state index >= 15 is 0 Å². The number of allylic oxidation sites excluding steroid dienone is 1. The fraction of sp³-hybridized carbons (Fsp3) is 0.512. The van der Waals surface area contributed by atoms with Gasteiger partial charge in [-0.2, -0.15) is 0 Å². The van der Waals surface area contributed by atoms with Crippen LogP contribution >= 0.6 is 0 Å². The average Bonchev–Trinajstić information content (AvgIpc) is 3.78. The van der Waals surface area contributed by atoms with Crippen LogP contribution in [0.2, 0.25) is 0 Å². The molecule has 2 aromatic rings. The summed E-state index contributed by atoms with van der Waals surface area (Å²) >= 11 is 0. The molecule has 3 aliphatic rings. The highest BCUT2D eigenvalue weighted by atomic mass is 16.6. The number of carbonyl (C=O) groups excluding carboxylic acids is 4. The van der Waals surface area contributed by atoms with E-state index in [0.29, 0.717) is 44.1 Å². The zero-order chi connectivity index (χ0) is 37.4. The summed E-state index contributed by atoms with van der Waals surface area (Å²) in [5.41, 5.74) is 2.01. The molecule has 3 fully saturated rings. The van der Waals surface area contributed by atoms with E-state index in [0.717, 1.165) is 16.8 Å². The van der Waals surface area contributed by atoms with Crippen LogP contribution in [0.15, 0.2) is 73.8 Å². The molecule has 2 aromatic carbocycles. The van der Waals surface area contributed by atoms with Crippen LogP contribution in [0.4, 0.5) is 5.69 Å². The Morgan fingerprint density at radius 1 is 1.08 bits per heavy atom. The van der Waals surface area contributed by atoms with Crippen LogP contribution < -0.4 is 10.2 Å². The number of ether oxygens (including phenoxy) is 3. The summed E-state index contributed by atoms with van der Waals surface area (Å²) in [5.74, 6) is -3.35. The number of aryl methyl sites for hydroxylation is 2. The number of hydrogen-bond donors (Lipinski definition) is 2. The standard InChI is InChI=1S/C41H53N3O8/c1-6-8-20-32(46)42-30(26-50-5)36(29-18-11-9-12-19-29)51-40(49)33-31-21-22-41(52-31)34(33)38(47)44(24-13-10-14-25-45)37(41)39(48)43(23-7-2)35-27(3)16-15-17-28(35)4/h6-7,9,11-12,15-19,30-31,33-34,36-37,45H,1-2,8,10,13-14,20-26H2,3-5H3,(H,42,46)/t30-,31-,33+,34+,36-,37-,41+/m0/s1. The van der Waals surface area contributed by atoms with Gasteiger partial charge in [-0.25, -0.2) is 0 Å². The molecule has 7 atom stereocenters. The number of anilines is 1. The molecule has 3 amide bonds. The van der Waals surface area contributed by atoms with Crippen molar-refractivity contribution in [2.45, 2.75) is 88.7 Å². The first kappa shape index (κ1) is 38.9. The number of esters is 1. The molecule has 3 heterocycles. The summed E-state index contributed by atoms with van der Waals surface area (Å²) in [7, 11) is 1.51. The molecule has 280 valence electrons. The van der Waals surface area contributed by atoms with Gasteiger partial charge in [0, 0.05) is 38.9 Å². The van der Waals surface area contributed by atoms with E-state index in [1.54, 1.807) is 22.0 Å². The Hall–Kier alpha value is -4.32. The smallest absolute Gasteiger partial charge is 0.313 e. The lowest BCUT2D eigenvalue weighted by molar-refractivity contribution is -0.163. The maximum atomic E-state index is 15.0. The summed E-state index contributed by atoms with van der Waals surface area (Å²) in [5, 5.41) is 12.4. The predicted molar refractivity (Wildman–Crippen MR) is 197 cm³/mol. The number of methoxy groups -OCH3 is 1. The quantitative estimate of drug-likeness (QED) is 0.121. The minimum Gasteiger partial charge on any atom is -0.455 e. The van der Waals surface area contributed by atoms with Crippen molar-refractivity contribution in [2.24, 2.45) is 11.8 Å². The summed E-state index contributed by atoms with van der Waals surface area (Å²) in [6.07, 6.45) is 5.21.